The van der Waals surface area contributed by atoms with E-state index in [0.717, 1.165) is 0 Å². The van der Waals surface area contributed by atoms with Gasteiger partial charge in [0.25, 0.3) is 0 Å². The van der Waals surface area contributed by atoms with Gasteiger partial charge in [0.05, 0.1) is 5.41 Å². The van der Waals surface area contributed by atoms with Crippen LogP contribution in [0.3, 0.4) is 0 Å². The summed E-state index contributed by atoms with van der Waals surface area (Å²) in [7, 11) is 4.34. The molecule has 2 heterocycles. The van der Waals surface area contributed by atoms with Crippen molar-refractivity contribution in [3.05, 3.63) is 201 Å². The van der Waals surface area contributed by atoms with Crippen molar-refractivity contribution in [2.45, 2.75) is 248 Å². The van der Waals surface area contributed by atoms with Crippen LogP contribution in [0.5, 0.6) is 0 Å². The Bertz CT molecular complexity index is 3090. The van der Waals surface area contributed by atoms with E-state index in [9.17, 15) is 0 Å². The first kappa shape index (κ1) is 65.9. The molecule has 0 bridgehead atoms. The highest BCUT2D eigenvalue weighted by Crippen LogP contribution is 2.47. The zero-order chi connectivity index (χ0) is 63.3. The third kappa shape index (κ3) is 13.0. The Hall–Kier alpha value is -5.67. The molecule has 0 amide bonds. The SMILES string of the molecule is CC(C)(C)c1cc([B-](c2cc(C(C)(C)C)cc(C(C)(C)C)c2)(c2cc(C(C)(C)C)cc(C(C)(C)C)c2)c2cc(C(C)(C)C)cc(C(C)(C)C)c2)cc(C(C)(C)C)c1.CN1/C(=C/C=C/C2=[N+](C)c3ccccc3C2(C)C)C(C)(C)c2ccccc21. The lowest BCUT2D eigenvalue weighted by molar-refractivity contribution is -0.401. The molecule has 6 aromatic carbocycles. The van der Waals surface area contributed by atoms with Crippen LogP contribution in [-0.4, -0.2) is 30.5 Å². The number of rotatable bonds is 6. The predicted octanol–water partition coefficient (Wildman–Crippen LogP) is 19.0. The molecule has 450 valence electrons. The minimum Gasteiger partial charge on any atom is -0.347 e. The van der Waals surface area contributed by atoms with Gasteiger partial charge in [0.1, 0.15) is 13.2 Å². The van der Waals surface area contributed by atoms with Crippen molar-refractivity contribution in [1.82, 2.24) is 0 Å². The van der Waals surface area contributed by atoms with Gasteiger partial charge in [-0.15, -0.1) is 0 Å². The summed E-state index contributed by atoms with van der Waals surface area (Å²) in [6.45, 7) is 66.6. The van der Waals surface area contributed by atoms with Crippen molar-refractivity contribution in [1.29, 1.82) is 0 Å². The topological polar surface area (TPSA) is 6.25 Å². The summed E-state index contributed by atoms with van der Waals surface area (Å²) >= 11 is 0. The van der Waals surface area contributed by atoms with E-state index in [1.807, 2.05) is 0 Å². The monoisotopic (exact) mass is 1120 g/mol. The molecule has 3 heteroatoms. The number of hydrogen-bond donors (Lipinski definition) is 0. The van der Waals surface area contributed by atoms with E-state index >= 15 is 0 Å². The minimum absolute atomic E-state index is 0.0143. The molecule has 0 saturated carbocycles. The van der Waals surface area contributed by atoms with E-state index in [1.165, 1.54) is 100 Å². The molecule has 2 aliphatic heterocycles. The predicted molar refractivity (Wildman–Crippen MR) is 375 cm³/mol. The van der Waals surface area contributed by atoms with Gasteiger partial charge in [-0.1, -0.05) is 295 Å². The maximum Gasteiger partial charge on any atom is 0.209 e. The lowest BCUT2D eigenvalue weighted by atomic mass is 9.12. The smallest absolute Gasteiger partial charge is 0.209 e. The van der Waals surface area contributed by atoms with Crippen molar-refractivity contribution < 1.29 is 4.58 Å². The Morgan fingerprint density at radius 3 is 0.917 bits per heavy atom. The molecule has 6 aromatic rings. The highest BCUT2D eigenvalue weighted by molar-refractivity contribution is 7.20. The van der Waals surface area contributed by atoms with Gasteiger partial charge in [-0.25, -0.2) is 0 Å². The van der Waals surface area contributed by atoms with Crippen LogP contribution in [0.2, 0.25) is 0 Å². The highest BCUT2D eigenvalue weighted by atomic mass is 15.2. The van der Waals surface area contributed by atoms with E-state index < -0.39 is 6.15 Å². The largest absolute Gasteiger partial charge is 0.347 e. The van der Waals surface area contributed by atoms with Gasteiger partial charge < -0.3 is 4.90 Å². The van der Waals surface area contributed by atoms with E-state index in [4.69, 9.17) is 0 Å². The first-order valence-corrected chi connectivity index (χ1v) is 31.8. The van der Waals surface area contributed by atoms with Gasteiger partial charge in [-0.3, -0.25) is 0 Å². The number of fused-ring (bicyclic) bond motifs is 2. The van der Waals surface area contributed by atoms with Crippen molar-refractivity contribution in [3.8, 4) is 0 Å². The Balaban J connectivity index is 0.000000309. The average Bonchev–Trinajstić information content (AvgIpc) is 0.972. The molecule has 0 radical (unpaired) electrons. The molecule has 0 aromatic heterocycles. The molecule has 0 unspecified atom stereocenters. The summed E-state index contributed by atoms with van der Waals surface area (Å²) in [5.41, 5.74) is 24.5. The van der Waals surface area contributed by atoms with Gasteiger partial charge in [-0.05, 0) is 119 Å². The van der Waals surface area contributed by atoms with E-state index in [0.29, 0.717) is 0 Å². The Kier molecular flexibility index (Phi) is 17.2. The molecule has 84 heavy (non-hydrogen) atoms. The van der Waals surface area contributed by atoms with Crippen LogP contribution in [0.4, 0.5) is 11.4 Å². The quantitative estimate of drug-likeness (QED) is 0.119. The number of hydrogen-bond acceptors (Lipinski definition) is 1. The molecular weight excluding hydrogens is 1010 g/mol. The molecule has 0 aliphatic carbocycles. The third-order valence-corrected chi connectivity index (χ3v) is 19.1. The first-order valence-electron chi connectivity index (χ1n) is 31.8. The number of likely N-dealkylation sites (N-methyl/N-ethyl adjacent to an activating group) is 1. The van der Waals surface area contributed by atoms with E-state index in [2.05, 4.69) is 357 Å². The van der Waals surface area contributed by atoms with Crippen molar-refractivity contribution in [3.63, 3.8) is 0 Å². The summed E-state index contributed by atoms with van der Waals surface area (Å²) in [5, 5.41) is 0. The summed E-state index contributed by atoms with van der Waals surface area (Å²) in [6, 6.07) is 48.4. The zero-order valence-corrected chi connectivity index (χ0v) is 58.8. The number of nitrogens with zero attached hydrogens (tertiary/aromatic N) is 2. The Morgan fingerprint density at radius 1 is 0.369 bits per heavy atom. The number of benzene rings is 6. The lowest BCUT2D eigenvalue weighted by Gasteiger charge is -2.48. The molecule has 8 rings (SSSR count). The second kappa shape index (κ2) is 21.9. The third-order valence-electron chi connectivity index (χ3n) is 19.1. The van der Waals surface area contributed by atoms with Crippen LogP contribution in [0, 0.1) is 0 Å². The van der Waals surface area contributed by atoms with Gasteiger partial charge in [-0.2, -0.15) is 26.4 Å². The van der Waals surface area contributed by atoms with Crippen LogP contribution in [0.25, 0.3) is 0 Å². The van der Waals surface area contributed by atoms with Gasteiger partial charge in [0.2, 0.25) is 5.69 Å². The van der Waals surface area contributed by atoms with E-state index in [-0.39, 0.29) is 54.1 Å². The Morgan fingerprint density at radius 2 is 0.643 bits per heavy atom. The van der Waals surface area contributed by atoms with Crippen LogP contribution in [0.1, 0.15) is 249 Å². The van der Waals surface area contributed by atoms with Gasteiger partial charge in [0, 0.05) is 41.6 Å². The number of para-hydroxylation sites is 2. The molecule has 0 saturated heterocycles. The van der Waals surface area contributed by atoms with E-state index in [1.54, 1.807) is 0 Å². The van der Waals surface area contributed by atoms with Crippen LogP contribution >= 0.6 is 0 Å². The second-order valence-corrected chi connectivity index (χ2v) is 34.9. The second-order valence-electron chi connectivity index (χ2n) is 34.9. The molecule has 2 aliphatic rings. The maximum absolute atomic E-state index is 2.62. The fourth-order valence-corrected chi connectivity index (χ4v) is 13.1. The van der Waals surface area contributed by atoms with Crippen molar-refractivity contribution in [2.24, 2.45) is 0 Å². The zero-order valence-electron chi connectivity index (χ0n) is 58.8. The molecule has 0 N–H and O–H groups in total. The van der Waals surface area contributed by atoms with Gasteiger partial charge >= 0.3 is 0 Å². The molecular formula is C81H113BN2. The Labute approximate surface area is 514 Å². The molecule has 2 nitrogen and oxygen atoms in total. The van der Waals surface area contributed by atoms with Crippen LogP contribution < -0.4 is 26.8 Å². The average molecular weight is 1130 g/mol. The highest BCUT2D eigenvalue weighted by Gasteiger charge is 2.44. The number of anilines is 1. The number of allylic oxidation sites excluding steroid dienone is 4. The summed E-state index contributed by atoms with van der Waals surface area (Å²) in [4.78, 5) is 2.32. The lowest BCUT2D eigenvalue weighted by Crippen LogP contribution is -2.75. The van der Waals surface area contributed by atoms with Crippen LogP contribution in [-0.2, 0) is 54.1 Å². The minimum atomic E-state index is -1.80. The molecule has 0 fully saturated rings. The van der Waals surface area contributed by atoms with Crippen LogP contribution in [0.15, 0.2) is 145 Å². The van der Waals surface area contributed by atoms with Gasteiger partial charge in [0.15, 0.2) is 5.71 Å². The first-order chi connectivity index (χ1) is 38.0. The van der Waals surface area contributed by atoms with Crippen molar-refractivity contribution >= 4 is 45.1 Å². The maximum atomic E-state index is 2.62. The molecule has 0 spiro atoms. The fourth-order valence-electron chi connectivity index (χ4n) is 13.1. The molecule has 0 atom stereocenters. The summed E-state index contributed by atoms with van der Waals surface area (Å²) < 4.78 is 2.32. The summed E-state index contributed by atoms with van der Waals surface area (Å²) in [5.74, 6) is 0. The normalized spacial score (nSPS) is 16.5. The standard InChI is InChI=1S/C56H84B.C25H29N2/c1-49(2,3)37-25-38(50(4,5)6)30-45(29-37)57(46-31-39(51(7,8)9)26-40(32-46)52(10,11)12,47-33-41(53(13,14)15)27-42(34-47)54(16,17)18)48-35-43(55(19,20)21)28-44(36-48)56(22,23)24;1-24(2)18-12-7-9-14-20(18)26(5)22(24)16-11-17-23-25(3,4)19-13-8-10-15-21(19)27(23)6/h25-36H,1-24H3;7-17H,1-6H3/q-1;+1. The van der Waals surface area contributed by atoms with Crippen molar-refractivity contribution in [2.75, 3.05) is 19.0 Å². The summed E-state index contributed by atoms with van der Waals surface area (Å²) in [6.07, 6.45) is 4.98. The fraction of sp³-hybridized carbons (Fsp3) is 0.494.